The van der Waals surface area contributed by atoms with Crippen LogP contribution in [0.4, 0.5) is 0 Å². The molecule has 3 rings (SSSR count). The molecule has 0 aliphatic rings. The van der Waals surface area contributed by atoms with Crippen LogP contribution >= 0.6 is 0 Å². The van der Waals surface area contributed by atoms with Crippen molar-refractivity contribution in [2.24, 2.45) is 5.73 Å². The first-order valence-corrected chi connectivity index (χ1v) is 8.98. The summed E-state index contributed by atoms with van der Waals surface area (Å²) in [7, 11) is 0. The van der Waals surface area contributed by atoms with Crippen molar-refractivity contribution in [3.05, 3.63) is 77.5 Å². The molecule has 0 aliphatic heterocycles. The molecule has 0 radical (unpaired) electrons. The van der Waals surface area contributed by atoms with Gasteiger partial charge in [-0.15, -0.1) is 0 Å². The van der Waals surface area contributed by atoms with E-state index in [0.29, 0.717) is 0 Å². The van der Waals surface area contributed by atoms with E-state index in [-0.39, 0.29) is 0 Å². The molecule has 0 amide bonds. The van der Waals surface area contributed by atoms with Gasteiger partial charge in [-0.05, 0) is 49.1 Å². The fourth-order valence-electron chi connectivity index (χ4n) is 3.22. The normalized spacial score (nSPS) is 11.0. The van der Waals surface area contributed by atoms with Crippen molar-refractivity contribution in [1.82, 2.24) is 4.98 Å². The second kappa shape index (κ2) is 8.60. The maximum absolute atomic E-state index is 5.58. The molecule has 1 heterocycles. The molecule has 3 aromatic rings. The second-order valence-corrected chi connectivity index (χ2v) is 6.41. The van der Waals surface area contributed by atoms with E-state index in [1.807, 2.05) is 0 Å². The average molecular weight is 318 g/mol. The number of rotatable bonds is 8. The number of aryl methyl sites for hydroxylation is 1. The van der Waals surface area contributed by atoms with Crippen LogP contribution in [0, 0.1) is 0 Å². The van der Waals surface area contributed by atoms with Gasteiger partial charge in [0, 0.05) is 17.5 Å². The summed E-state index contributed by atoms with van der Waals surface area (Å²) < 4.78 is 0. The van der Waals surface area contributed by atoms with Crippen LogP contribution < -0.4 is 5.73 Å². The monoisotopic (exact) mass is 318 g/mol. The largest absolute Gasteiger partial charge is 0.330 e. The Labute approximate surface area is 144 Å². The van der Waals surface area contributed by atoms with Gasteiger partial charge in [0.1, 0.15) is 0 Å². The Morgan fingerprint density at radius 2 is 1.54 bits per heavy atom. The van der Waals surface area contributed by atoms with Gasteiger partial charge in [-0.25, -0.2) is 0 Å². The fraction of sp³-hybridized carbons (Fsp3) is 0.318. The summed E-state index contributed by atoms with van der Waals surface area (Å²) in [5.41, 5.74) is 10.6. The lowest BCUT2D eigenvalue weighted by molar-refractivity contribution is 0.647. The minimum Gasteiger partial charge on any atom is -0.330 e. The highest BCUT2D eigenvalue weighted by Gasteiger charge is 2.06. The number of fused-ring (bicyclic) bond motifs is 1. The zero-order valence-electron chi connectivity index (χ0n) is 14.2. The number of hydrogen-bond donors (Lipinski definition) is 1. The Bertz CT molecular complexity index is 765. The highest BCUT2D eigenvalue weighted by atomic mass is 14.7. The van der Waals surface area contributed by atoms with E-state index < -0.39 is 0 Å². The summed E-state index contributed by atoms with van der Waals surface area (Å²) in [6.45, 7) is 0.805. The molecular formula is C22H26N2. The SMILES string of the molecule is NCCCCCCc1cc(Cc2ccccc2)nc2ccccc12. The number of hydrogen-bond acceptors (Lipinski definition) is 2. The smallest absolute Gasteiger partial charge is 0.0708 e. The molecule has 0 bridgehead atoms. The third-order valence-corrected chi connectivity index (χ3v) is 4.48. The van der Waals surface area contributed by atoms with Gasteiger partial charge in [-0.1, -0.05) is 61.4 Å². The summed E-state index contributed by atoms with van der Waals surface area (Å²) >= 11 is 0. The Balaban J connectivity index is 1.80. The molecular weight excluding hydrogens is 292 g/mol. The maximum atomic E-state index is 5.58. The Morgan fingerprint density at radius 1 is 0.792 bits per heavy atom. The number of nitrogens with zero attached hydrogens (tertiary/aromatic N) is 1. The van der Waals surface area contributed by atoms with E-state index in [4.69, 9.17) is 10.7 Å². The van der Waals surface area contributed by atoms with Gasteiger partial charge < -0.3 is 5.73 Å². The van der Waals surface area contributed by atoms with E-state index >= 15 is 0 Å². The van der Waals surface area contributed by atoms with E-state index in [1.54, 1.807) is 0 Å². The number of pyridine rings is 1. The number of aromatic nitrogens is 1. The summed E-state index contributed by atoms with van der Waals surface area (Å²) in [5.74, 6) is 0. The van der Waals surface area contributed by atoms with Crippen molar-refractivity contribution in [3.8, 4) is 0 Å². The van der Waals surface area contributed by atoms with Gasteiger partial charge in [-0.2, -0.15) is 0 Å². The molecule has 0 saturated carbocycles. The summed E-state index contributed by atoms with van der Waals surface area (Å²) in [6.07, 6.45) is 6.86. The van der Waals surface area contributed by atoms with Gasteiger partial charge in [0.25, 0.3) is 0 Å². The molecule has 24 heavy (non-hydrogen) atoms. The quantitative estimate of drug-likeness (QED) is 0.601. The van der Waals surface area contributed by atoms with Crippen molar-refractivity contribution in [2.45, 2.75) is 38.5 Å². The lowest BCUT2D eigenvalue weighted by atomic mass is 9.99. The van der Waals surface area contributed by atoms with Gasteiger partial charge in [0.2, 0.25) is 0 Å². The maximum Gasteiger partial charge on any atom is 0.0708 e. The van der Waals surface area contributed by atoms with E-state index in [9.17, 15) is 0 Å². The highest BCUT2D eigenvalue weighted by Crippen LogP contribution is 2.22. The highest BCUT2D eigenvalue weighted by molar-refractivity contribution is 5.82. The zero-order chi connectivity index (χ0) is 16.6. The molecule has 2 aromatic carbocycles. The number of benzene rings is 2. The predicted octanol–water partition coefficient (Wildman–Crippen LogP) is 4.89. The van der Waals surface area contributed by atoms with Crippen LogP contribution in [0.25, 0.3) is 10.9 Å². The predicted molar refractivity (Wildman–Crippen MR) is 102 cm³/mol. The standard InChI is InChI=1S/C22H26N2/c23-15-9-2-1-6-12-19-17-20(16-18-10-4-3-5-11-18)24-22-14-8-7-13-21(19)22/h3-5,7-8,10-11,13-14,17H,1-2,6,9,12,15-16,23H2. The van der Waals surface area contributed by atoms with Crippen LogP contribution in [-0.2, 0) is 12.8 Å². The third kappa shape index (κ3) is 4.42. The first-order chi connectivity index (χ1) is 11.9. The molecule has 0 saturated heterocycles. The number of para-hydroxylation sites is 1. The molecule has 0 aliphatic carbocycles. The van der Waals surface area contributed by atoms with Crippen LogP contribution in [0.1, 0.15) is 42.5 Å². The molecule has 0 atom stereocenters. The fourth-order valence-corrected chi connectivity index (χ4v) is 3.22. The van der Waals surface area contributed by atoms with Gasteiger partial charge in [0.05, 0.1) is 5.52 Å². The topological polar surface area (TPSA) is 38.9 Å². The van der Waals surface area contributed by atoms with Crippen molar-refractivity contribution in [1.29, 1.82) is 0 Å². The van der Waals surface area contributed by atoms with Crippen molar-refractivity contribution < 1.29 is 0 Å². The number of nitrogens with two attached hydrogens (primary N) is 1. The van der Waals surface area contributed by atoms with Crippen molar-refractivity contribution in [3.63, 3.8) is 0 Å². The van der Waals surface area contributed by atoms with E-state index in [0.717, 1.165) is 37.0 Å². The van der Waals surface area contributed by atoms with Crippen LogP contribution in [-0.4, -0.2) is 11.5 Å². The Hall–Kier alpha value is -2.19. The molecule has 2 nitrogen and oxygen atoms in total. The Kier molecular flexibility index (Phi) is 5.97. The van der Waals surface area contributed by atoms with Gasteiger partial charge >= 0.3 is 0 Å². The molecule has 2 N–H and O–H groups in total. The average Bonchev–Trinajstić information content (AvgIpc) is 2.62. The summed E-state index contributed by atoms with van der Waals surface area (Å²) in [5, 5.41) is 1.30. The minimum absolute atomic E-state index is 0.805. The van der Waals surface area contributed by atoms with E-state index in [1.165, 1.54) is 35.8 Å². The lowest BCUT2D eigenvalue weighted by Crippen LogP contribution is -1.99. The molecule has 124 valence electrons. The summed E-state index contributed by atoms with van der Waals surface area (Å²) in [6, 6.07) is 21.4. The Morgan fingerprint density at radius 3 is 2.38 bits per heavy atom. The molecule has 0 spiro atoms. The molecule has 1 aromatic heterocycles. The van der Waals surface area contributed by atoms with Gasteiger partial charge in [-0.3, -0.25) is 4.98 Å². The third-order valence-electron chi connectivity index (χ3n) is 4.48. The van der Waals surface area contributed by atoms with E-state index in [2.05, 4.69) is 60.7 Å². The zero-order valence-corrected chi connectivity index (χ0v) is 14.2. The van der Waals surface area contributed by atoms with Crippen molar-refractivity contribution >= 4 is 10.9 Å². The number of unbranched alkanes of at least 4 members (excludes halogenated alkanes) is 3. The second-order valence-electron chi connectivity index (χ2n) is 6.41. The van der Waals surface area contributed by atoms with Crippen LogP contribution in [0.3, 0.4) is 0 Å². The summed E-state index contributed by atoms with van der Waals surface area (Å²) in [4.78, 5) is 4.87. The van der Waals surface area contributed by atoms with Crippen LogP contribution in [0.2, 0.25) is 0 Å². The van der Waals surface area contributed by atoms with Crippen molar-refractivity contribution in [2.75, 3.05) is 6.54 Å². The molecule has 0 unspecified atom stereocenters. The first kappa shape index (κ1) is 16.7. The van der Waals surface area contributed by atoms with Crippen LogP contribution in [0.15, 0.2) is 60.7 Å². The molecule has 2 heteroatoms. The van der Waals surface area contributed by atoms with Gasteiger partial charge in [0.15, 0.2) is 0 Å². The minimum atomic E-state index is 0.805. The lowest BCUT2D eigenvalue weighted by Gasteiger charge is -2.10. The van der Waals surface area contributed by atoms with Crippen LogP contribution in [0.5, 0.6) is 0 Å². The first-order valence-electron chi connectivity index (χ1n) is 8.98. The molecule has 0 fully saturated rings.